The van der Waals surface area contributed by atoms with E-state index < -0.39 is 0 Å². The molecule has 8 nitrogen and oxygen atoms in total. The van der Waals surface area contributed by atoms with Crippen molar-refractivity contribution in [2.45, 2.75) is 44.3 Å². The Morgan fingerprint density at radius 1 is 1.03 bits per heavy atom. The number of carbonyl (C=O) groups excluding carboxylic acids is 1. The number of carbonyl (C=O) groups is 1. The summed E-state index contributed by atoms with van der Waals surface area (Å²) < 4.78 is 8.63. The first kappa shape index (κ1) is 20.0. The highest BCUT2D eigenvalue weighted by Gasteiger charge is 2.31. The van der Waals surface area contributed by atoms with Crippen LogP contribution < -0.4 is 11.4 Å². The van der Waals surface area contributed by atoms with Gasteiger partial charge in [-0.25, -0.2) is 9.59 Å². The first-order chi connectivity index (χ1) is 14.1. The molecule has 1 amide bonds. The number of ether oxygens (including phenoxy) is 1. The zero-order chi connectivity index (χ0) is 20.4. The molecule has 0 radical (unpaired) electrons. The van der Waals surface area contributed by atoms with Crippen molar-refractivity contribution in [1.29, 1.82) is 0 Å². The molecule has 4 rings (SSSR count). The number of rotatable bonds is 4. The van der Waals surface area contributed by atoms with Crippen LogP contribution >= 0.6 is 0 Å². The first-order valence-electron chi connectivity index (χ1n) is 10.6. The van der Waals surface area contributed by atoms with Crippen LogP contribution in [0.4, 0.5) is 4.79 Å². The van der Waals surface area contributed by atoms with Gasteiger partial charge in [-0.1, -0.05) is 12.1 Å². The monoisotopic (exact) mass is 401 g/mol. The fourth-order valence-corrected chi connectivity index (χ4v) is 4.98. The lowest BCUT2D eigenvalue weighted by Gasteiger charge is -2.41. The molecule has 158 valence electrons. The second kappa shape index (κ2) is 8.59. The van der Waals surface area contributed by atoms with Crippen LogP contribution in [-0.2, 0) is 11.3 Å². The average Bonchev–Trinajstić information content (AvgIpc) is 3.05. The molecule has 0 aliphatic carbocycles. The Balaban J connectivity index is 1.44. The lowest BCUT2D eigenvalue weighted by molar-refractivity contribution is 0.0685. The molecule has 2 aromatic rings. The predicted octanol–water partition coefficient (Wildman–Crippen LogP) is 1.63. The molecule has 2 saturated heterocycles. The third kappa shape index (κ3) is 3.79. The van der Waals surface area contributed by atoms with Crippen LogP contribution in [0, 0.1) is 0 Å². The fourth-order valence-electron chi connectivity index (χ4n) is 4.98. The molecule has 3 heterocycles. The lowest BCUT2D eigenvalue weighted by Crippen LogP contribution is -2.49. The summed E-state index contributed by atoms with van der Waals surface area (Å²) in [5, 5.41) is 0. The number of nitrogens with two attached hydrogens (primary N) is 1. The third-order valence-electron chi connectivity index (χ3n) is 6.50. The van der Waals surface area contributed by atoms with Gasteiger partial charge in [-0.15, -0.1) is 0 Å². The van der Waals surface area contributed by atoms with Crippen molar-refractivity contribution in [2.24, 2.45) is 5.73 Å². The Bertz CT molecular complexity index is 905. The average molecular weight is 402 g/mol. The predicted molar refractivity (Wildman–Crippen MR) is 112 cm³/mol. The second-order valence-electron chi connectivity index (χ2n) is 8.04. The highest BCUT2D eigenvalue weighted by Crippen LogP contribution is 2.28. The van der Waals surface area contributed by atoms with Gasteiger partial charge < -0.3 is 20.3 Å². The Morgan fingerprint density at radius 3 is 2.28 bits per heavy atom. The third-order valence-corrected chi connectivity index (χ3v) is 6.50. The number of imidazole rings is 1. The lowest BCUT2D eigenvalue weighted by atomic mass is 9.97. The number of aromatic nitrogens is 2. The molecule has 0 unspecified atom stereocenters. The summed E-state index contributed by atoms with van der Waals surface area (Å²) in [6.45, 7) is 4.47. The highest BCUT2D eigenvalue weighted by atomic mass is 16.5. The molecule has 2 fully saturated rings. The molecule has 8 heteroatoms. The van der Waals surface area contributed by atoms with E-state index in [2.05, 4.69) is 4.90 Å². The molecule has 2 N–H and O–H groups in total. The molecule has 0 saturated carbocycles. The Hall–Kier alpha value is -2.32. The van der Waals surface area contributed by atoms with E-state index in [0.717, 1.165) is 62.9 Å². The van der Waals surface area contributed by atoms with E-state index in [0.29, 0.717) is 19.1 Å². The van der Waals surface area contributed by atoms with Gasteiger partial charge >= 0.3 is 11.8 Å². The van der Waals surface area contributed by atoms with Crippen molar-refractivity contribution in [3.05, 3.63) is 34.7 Å². The summed E-state index contributed by atoms with van der Waals surface area (Å²) in [6.07, 6.45) is 3.67. The normalized spacial score (nSPS) is 19.7. The molecule has 2 aliphatic rings. The van der Waals surface area contributed by atoms with Crippen LogP contribution in [0.1, 0.15) is 31.7 Å². The number of nitrogens with zero attached hydrogens (tertiary/aromatic N) is 4. The van der Waals surface area contributed by atoms with E-state index in [1.165, 1.54) is 7.11 Å². The number of benzene rings is 1. The second-order valence-corrected chi connectivity index (χ2v) is 8.04. The summed E-state index contributed by atoms with van der Waals surface area (Å²) in [6, 6.07) is 8.74. The minimum Gasteiger partial charge on any atom is -0.453 e. The molecule has 0 atom stereocenters. The van der Waals surface area contributed by atoms with Crippen molar-refractivity contribution in [1.82, 2.24) is 18.9 Å². The summed E-state index contributed by atoms with van der Waals surface area (Å²) in [5.41, 5.74) is 7.78. The first-order valence-corrected chi connectivity index (χ1v) is 10.6. The summed E-state index contributed by atoms with van der Waals surface area (Å²) in [7, 11) is 1.44. The summed E-state index contributed by atoms with van der Waals surface area (Å²) in [4.78, 5) is 29.1. The molecule has 0 bridgehead atoms. The standard InChI is InChI=1S/C21H31N5O3/c1-29-21(28)24-13-6-16(7-14-24)23-11-8-17(9-12-23)26-19-5-3-2-4-18(19)25(15-10-22)20(26)27/h2-5,16-17H,6-15,22H2,1H3. The van der Waals surface area contributed by atoms with Gasteiger partial charge in [0.05, 0.1) is 18.1 Å². The van der Waals surface area contributed by atoms with Gasteiger partial charge in [0.15, 0.2) is 0 Å². The molecule has 29 heavy (non-hydrogen) atoms. The molecule has 0 spiro atoms. The van der Waals surface area contributed by atoms with Crippen molar-refractivity contribution < 1.29 is 9.53 Å². The van der Waals surface area contributed by atoms with Crippen LogP contribution in [0.5, 0.6) is 0 Å². The van der Waals surface area contributed by atoms with Crippen molar-refractivity contribution in [3.8, 4) is 0 Å². The van der Waals surface area contributed by atoms with E-state index in [9.17, 15) is 9.59 Å². The molecular weight excluding hydrogens is 370 g/mol. The maximum Gasteiger partial charge on any atom is 0.409 e. The van der Waals surface area contributed by atoms with Crippen molar-refractivity contribution in [3.63, 3.8) is 0 Å². The van der Waals surface area contributed by atoms with Gasteiger partial charge in [0.25, 0.3) is 0 Å². The minimum atomic E-state index is -0.226. The molecule has 2 aliphatic heterocycles. The minimum absolute atomic E-state index is 0.0569. The van der Waals surface area contributed by atoms with E-state index in [1.807, 2.05) is 33.4 Å². The van der Waals surface area contributed by atoms with Crippen molar-refractivity contribution >= 4 is 17.1 Å². The Kier molecular flexibility index (Phi) is 5.91. The largest absolute Gasteiger partial charge is 0.453 e. The number of likely N-dealkylation sites (tertiary alicyclic amines) is 2. The van der Waals surface area contributed by atoms with E-state index >= 15 is 0 Å². The number of para-hydroxylation sites is 2. The molecule has 1 aromatic carbocycles. The Morgan fingerprint density at radius 2 is 1.66 bits per heavy atom. The van der Waals surface area contributed by atoms with E-state index in [4.69, 9.17) is 10.5 Å². The highest BCUT2D eigenvalue weighted by molar-refractivity contribution is 5.76. The SMILES string of the molecule is COC(=O)N1CCC(N2CCC(n3c(=O)n(CCN)c4ccccc43)CC2)CC1. The number of methoxy groups -OCH3 is 1. The van der Waals surface area contributed by atoms with Crippen LogP contribution in [-0.4, -0.2) is 70.9 Å². The molecule has 1 aromatic heterocycles. The number of fused-ring (bicyclic) bond motifs is 1. The van der Waals surface area contributed by atoms with Gasteiger partial charge in [-0.2, -0.15) is 0 Å². The summed E-state index contributed by atoms with van der Waals surface area (Å²) in [5.74, 6) is 0. The smallest absolute Gasteiger partial charge is 0.409 e. The fraction of sp³-hybridized carbons (Fsp3) is 0.619. The van der Waals surface area contributed by atoms with E-state index in [-0.39, 0.29) is 17.8 Å². The maximum absolute atomic E-state index is 13.1. The number of hydrogen-bond donors (Lipinski definition) is 1. The van der Waals surface area contributed by atoms with Crippen LogP contribution in [0.15, 0.2) is 29.1 Å². The van der Waals surface area contributed by atoms with Crippen LogP contribution in [0.2, 0.25) is 0 Å². The quantitative estimate of drug-likeness (QED) is 0.842. The van der Waals surface area contributed by atoms with Gasteiger partial charge in [-0.3, -0.25) is 9.13 Å². The Labute approximate surface area is 170 Å². The van der Waals surface area contributed by atoms with Gasteiger partial charge in [0.1, 0.15) is 0 Å². The van der Waals surface area contributed by atoms with Crippen LogP contribution in [0.25, 0.3) is 11.0 Å². The van der Waals surface area contributed by atoms with Crippen LogP contribution in [0.3, 0.4) is 0 Å². The number of hydrogen-bond acceptors (Lipinski definition) is 5. The maximum atomic E-state index is 13.1. The van der Waals surface area contributed by atoms with Crippen molar-refractivity contribution in [2.75, 3.05) is 39.8 Å². The van der Waals surface area contributed by atoms with E-state index in [1.54, 1.807) is 4.90 Å². The van der Waals surface area contributed by atoms with Gasteiger partial charge in [0.2, 0.25) is 0 Å². The topological polar surface area (TPSA) is 85.7 Å². The van der Waals surface area contributed by atoms with Gasteiger partial charge in [0, 0.05) is 51.4 Å². The summed E-state index contributed by atoms with van der Waals surface area (Å²) >= 11 is 0. The van der Waals surface area contributed by atoms with Gasteiger partial charge in [-0.05, 0) is 37.8 Å². The molecular formula is C21H31N5O3. The number of amides is 1. The zero-order valence-electron chi connectivity index (χ0n) is 17.1. The number of piperidine rings is 2. The zero-order valence-corrected chi connectivity index (χ0v) is 17.1.